The van der Waals surface area contributed by atoms with Crippen LogP contribution >= 0.6 is 0 Å². The second kappa shape index (κ2) is 15.7. The van der Waals surface area contributed by atoms with Crippen LogP contribution in [0.25, 0.3) is 10.6 Å². The van der Waals surface area contributed by atoms with E-state index < -0.39 is 0 Å². The number of unbranched alkanes of at least 4 members (excludes halogenated alkanes) is 5. The first kappa shape index (κ1) is 37.1. The van der Waals surface area contributed by atoms with Crippen LogP contribution in [0.3, 0.4) is 0 Å². The molecule has 2 fully saturated rings. The summed E-state index contributed by atoms with van der Waals surface area (Å²) in [5, 5.41) is 9.68. The third-order valence-electron chi connectivity index (χ3n) is 6.73. The standard InChI is InChI=1S/C28H50N2O4.2Y/c1-25(2)17-21(18-26(3,4)29-25)33-23(31)15-13-11-9-10-12-14-16-24(32)34-22-19-27(5,6)30-28(7,8)20-22;;/h21-22H,9-20H2,1-8H3;;/q-2;;. The molecular formula is C28H50N2O4Y2-2. The molecule has 36 heavy (non-hydrogen) atoms. The summed E-state index contributed by atoms with van der Waals surface area (Å²) < 4.78 is 11.5. The van der Waals surface area contributed by atoms with Gasteiger partial charge in [0.2, 0.25) is 0 Å². The minimum atomic E-state index is -0.140. The molecule has 2 aliphatic heterocycles. The molecule has 0 saturated carbocycles. The van der Waals surface area contributed by atoms with Gasteiger partial charge in [0.15, 0.2) is 0 Å². The molecule has 2 rings (SSSR count). The summed E-state index contributed by atoms with van der Waals surface area (Å²) in [6.07, 6.45) is 10.0. The Morgan fingerprint density at radius 1 is 0.556 bits per heavy atom. The molecule has 8 heteroatoms. The van der Waals surface area contributed by atoms with Crippen LogP contribution < -0.4 is 0 Å². The van der Waals surface area contributed by atoms with Crippen LogP contribution in [0, 0.1) is 0 Å². The fourth-order valence-electron chi connectivity index (χ4n) is 6.10. The number of esters is 2. The summed E-state index contributed by atoms with van der Waals surface area (Å²) in [5.41, 5.74) is -0.561. The summed E-state index contributed by atoms with van der Waals surface area (Å²) in [7, 11) is 0. The van der Waals surface area contributed by atoms with Gasteiger partial charge in [-0.3, -0.25) is 9.59 Å². The van der Waals surface area contributed by atoms with Crippen LogP contribution in [0.5, 0.6) is 0 Å². The Balaban J connectivity index is 0.00000612. The Morgan fingerprint density at radius 3 is 1.08 bits per heavy atom. The van der Waals surface area contributed by atoms with Crippen LogP contribution in [-0.4, -0.2) is 46.3 Å². The molecular weight excluding hydrogens is 606 g/mol. The number of rotatable bonds is 11. The fourth-order valence-corrected chi connectivity index (χ4v) is 6.10. The first-order valence-electron chi connectivity index (χ1n) is 13.4. The summed E-state index contributed by atoms with van der Waals surface area (Å²) in [5.74, 6) is -0.161. The maximum absolute atomic E-state index is 12.3. The van der Waals surface area contributed by atoms with Crippen molar-refractivity contribution in [1.29, 1.82) is 0 Å². The largest absolute Gasteiger partial charge is 0.652 e. The van der Waals surface area contributed by atoms with Crippen molar-refractivity contribution in [3.05, 3.63) is 10.6 Å². The van der Waals surface area contributed by atoms with Crippen molar-refractivity contribution in [2.24, 2.45) is 0 Å². The molecule has 0 unspecified atom stereocenters. The Bertz CT molecular complexity index is 605. The SMILES string of the molecule is CC1(C)CC(OC(=O)CCCCCCCCC(=O)OC2CC(C)(C)[N-]C(C)(C)C2)CC(C)(C)[N-]1.[Y].[Y]. The predicted molar refractivity (Wildman–Crippen MR) is 138 cm³/mol. The maximum atomic E-state index is 12.3. The first-order chi connectivity index (χ1) is 15.6. The van der Waals surface area contributed by atoms with Crippen molar-refractivity contribution < 1.29 is 84.5 Å². The van der Waals surface area contributed by atoms with Crippen LogP contribution in [0.2, 0.25) is 0 Å². The number of ether oxygens (including phenoxy) is 2. The molecule has 204 valence electrons. The average molecular weight is 657 g/mol. The monoisotopic (exact) mass is 656 g/mol. The third kappa shape index (κ3) is 15.0. The van der Waals surface area contributed by atoms with Crippen LogP contribution in [0.4, 0.5) is 0 Å². The van der Waals surface area contributed by atoms with Gasteiger partial charge in [-0.25, -0.2) is 0 Å². The second-order valence-electron chi connectivity index (χ2n) is 13.1. The topological polar surface area (TPSA) is 80.8 Å². The molecule has 0 bridgehead atoms. The summed E-state index contributed by atoms with van der Waals surface area (Å²) >= 11 is 0. The zero-order valence-corrected chi connectivity index (χ0v) is 30.0. The van der Waals surface area contributed by atoms with E-state index in [0.29, 0.717) is 12.8 Å². The molecule has 0 amide bonds. The van der Waals surface area contributed by atoms with E-state index in [2.05, 4.69) is 55.4 Å². The third-order valence-corrected chi connectivity index (χ3v) is 6.73. The van der Waals surface area contributed by atoms with Gasteiger partial charge in [-0.2, -0.15) is 0 Å². The molecule has 0 atom stereocenters. The van der Waals surface area contributed by atoms with Gasteiger partial charge >= 0.3 is 11.9 Å². The number of hydrogen-bond acceptors (Lipinski definition) is 4. The van der Waals surface area contributed by atoms with Gasteiger partial charge in [-0.05, 0) is 38.5 Å². The van der Waals surface area contributed by atoms with E-state index in [-0.39, 0.29) is 112 Å². The Kier molecular flexibility index (Phi) is 16.2. The molecule has 2 aliphatic rings. The second-order valence-corrected chi connectivity index (χ2v) is 13.1. The van der Waals surface area contributed by atoms with Gasteiger partial charge in [0, 0.05) is 78.3 Å². The number of carbonyl (C=O) groups excluding carboxylic acids is 2. The zero-order chi connectivity index (χ0) is 25.6. The van der Waals surface area contributed by atoms with E-state index in [1.54, 1.807) is 0 Å². The van der Waals surface area contributed by atoms with E-state index in [1.807, 2.05) is 0 Å². The molecule has 2 saturated heterocycles. The molecule has 2 heterocycles. The van der Waals surface area contributed by atoms with Gasteiger partial charge in [-0.1, -0.05) is 81.1 Å². The van der Waals surface area contributed by atoms with Crippen molar-refractivity contribution in [1.82, 2.24) is 0 Å². The van der Waals surface area contributed by atoms with Crippen LogP contribution in [-0.2, 0) is 84.5 Å². The molecule has 0 aromatic heterocycles. The Morgan fingerprint density at radius 2 is 0.806 bits per heavy atom. The van der Waals surface area contributed by atoms with Gasteiger partial charge in [-0.15, -0.1) is 22.2 Å². The summed E-state index contributed by atoms with van der Waals surface area (Å²) in [4.78, 5) is 24.6. The van der Waals surface area contributed by atoms with Crippen LogP contribution in [0.1, 0.15) is 132 Å². The molecule has 0 aromatic carbocycles. The van der Waals surface area contributed by atoms with E-state index in [4.69, 9.17) is 20.1 Å². The van der Waals surface area contributed by atoms with Crippen molar-refractivity contribution >= 4 is 11.9 Å². The fraction of sp³-hybridized carbons (Fsp3) is 0.929. The molecule has 0 aromatic rings. The number of hydrogen-bond donors (Lipinski definition) is 0. The van der Waals surface area contributed by atoms with Gasteiger partial charge < -0.3 is 20.1 Å². The smallest absolute Gasteiger partial charge is 0.306 e. The van der Waals surface area contributed by atoms with Crippen LogP contribution in [0.15, 0.2) is 0 Å². The Hall–Kier alpha value is 1.07. The van der Waals surface area contributed by atoms with E-state index >= 15 is 0 Å². The molecule has 2 radical (unpaired) electrons. The van der Waals surface area contributed by atoms with Crippen molar-refractivity contribution in [2.75, 3.05) is 0 Å². The van der Waals surface area contributed by atoms with Gasteiger partial charge in [0.1, 0.15) is 0 Å². The average Bonchev–Trinajstić information content (AvgIpc) is 2.58. The summed E-state index contributed by atoms with van der Waals surface area (Å²) in [6, 6.07) is 0. The van der Waals surface area contributed by atoms with Crippen molar-refractivity contribution in [2.45, 2.75) is 167 Å². The first-order valence-corrected chi connectivity index (χ1v) is 13.4. The van der Waals surface area contributed by atoms with Gasteiger partial charge in [0.25, 0.3) is 0 Å². The maximum Gasteiger partial charge on any atom is 0.306 e. The van der Waals surface area contributed by atoms with Crippen molar-refractivity contribution in [3.63, 3.8) is 0 Å². The Labute approximate surface area is 271 Å². The number of nitrogens with zero attached hydrogens (tertiary/aromatic N) is 2. The molecule has 0 spiro atoms. The number of piperidine rings is 2. The van der Waals surface area contributed by atoms with E-state index in [9.17, 15) is 9.59 Å². The van der Waals surface area contributed by atoms with E-state index in [1.165, 1.54) is 0 Å². The minimum absolute atomic E-state index is 0. The molecule has 0 N–H and O–H groups in total. The number of carbonyl (C=O) groups is 2. The zero-order valence-electron chi connectivity index (χ0n) is 24.3. The van der Waals surface area contributed by atoms with Crippen molar-refractivity contribution in [3.8, 4) is 0 Å². The molecule has 0 aliphatic carbocycles. The molecule has 6 nitrogen and oxygen atoms in total. The van der Waals surface area contributed by atoms with Gasteiger partial charge in [0.05, 0.1) is 12.2 Å². The minimum Gasteiger partial charge on any atom is -0.652 e. The normalized spacial score (nSPS) is 22.6. The van der Waals surface area contributed by atoms with E-state index in [0.717, 1.165) is 64.2 Å². The summed E-state index contributed by atoms with van der Waals surface area (Å²) in [6.45, 7) is 16.9. The quantitative estimate of drug-likeness (QED) is 0.172. The predicted octanol–water partition coefficient (Wildman–Crippen LogP) is 7.38.